The molecule has 0 bridgehead atoms. The standard InChI is InChI=1S/C19H20FNO4S/c20-18-10-3-2-7-16(18)14-25-19(22)15-8-6-9-17(13-15)26(23,24)21-11-4-1-5-12-21/h2-3,6-10,13H,1,4-5,11-12,14H2. The van der Waals surface area contributed by atoms with E-state index in [-0.39, 0.29) is 22.6 Å². The van der Waals surface area contributed by atoms with Gasteiger partial charge in [0.05, 0.1) is 10.5 Å². The van der Waals surface area contributed by atoms with Crippen molar-refractivity contribution >= 4 is 16.0 Å². The lowest BCUT2D eigenvalue weighted by Gasteiger charge is -2.25. The first kappa shape index (κ1) is 18.5. The molecule has 0 atom stereocenters. The fraction of sp³-hybridized carbons (Fsp3) is 0.316. The lowest BCUT2D eigenvalue weighted by Crippen LogP contribution is -2.35. The van der Waals surface area contributed by atoms with Crippen LogP contribution in [0.1, 0.15) is 35.2 Å². The third kappa shape index (κ3) is 4.11. The summed E-state index contributed by atoms with van der Waals surface area (Å²) in [6.45, 7) is 0.767. The number of halogens is 1. The first-order chi connectivity index (χ1) is 12.5. The fourth-order valence-corrected chi connectivity index (χ4v) is 4.44. The number of rotatable bonds is 5. The van der Waals surface area contributed by atoms with E-state index in [9.17, 15) is 17.6 Å². The molecule has 0 aromatic heterocycles. The van der Waals surface area contributed by atoms with Crippen LogP contribution in [0.3, 0.4) is 0 Å². The van der Waals surface area contributed by atoms with Crippen LogP contribution in [0.15, 0.2) is 53.4 Å². The Morgan fingerprint density at radius 2 is 1.77 bits per heavy atom. The van der Waals surface area contributed by atoms with E-state index >= 15 is 0 Å². The normalized spacial score (nSPS) is 15.6. The van der Waals surface area contributed by atoms with Crippen molar-refractivity contribution in [3.63, 3.8) is 0 Å². The smallest absolute Gasteiger partial charge is 0.338 e. The highest BCUT2D eigenvalue weighted by atomic mass is 32.2. The van der Waals surface area contributed by atoms with Gasteiger partial charge in [-0.3, -0.25) is 0 Å². The second-order valence-electron chi connectivity index (χ2n) is 6.16. The van der Waals surface area contributed by atoms with Gasteiger partial charge in [0.1, 0.15) is 12.4 Å². The Bertz CT molecular complexity index is 892. The maximum atomic E-state index is 13.6. The van der Waals surface area contributed by atoms with Crippen LogP contribution in [0.25, 0.3) is 0 Å². The Labute approximate surface area is 152 Å². The second kappa shape index (κ2) is 7.97. The van der Waals surface area contributed by atoms with E-state index in [1.54, 1.807) is 12.1 Å². The van der Waals surface area contributed by atoms with Crippen molar-refractivity contribution in [2.24, 2.45) is 0 Å². The summed E-state index contributed by atoms with van der Waals surface area (Å²) in [5.74, 6) is -1.15. The number of benzene rings is 2. The second-order valence-corrected chi connectivity index (χ2v) is 8.10. The molecule has 0 spiro atoms. The Morgan fingerprint density at radius 3 is 2.50 bits per heavy atom. The lowest BCUT2D eigenvalue weighted by atomic mass is 10.2. The van der Waals surface area contributed by atoms with Crippen molar-refractivity contribution in [1.82, 2.24) is 4.31 Å². The summed E-state index contributed by atoms with van der Waals surface area (Å²) in [6, 6.07) is 11.8. The van der Waals surface area contributed by atoms with Crippen LogP contribution in [0.4, 0.5) is 4.39 Å². The Balaban J connectivity index is 1.74. The molecule has 26 heavy (non-hydrogen) atoms. The molecule has 0 saturated carbocycles. The zero-order chi connectivity index (χ0) is 18.6. The van der Waals surface area contributed by atoms with Gasteiger partial charge in [-0.05, 0) is 37.1 Å². The number of nitrogens with zero attached hydrogens (tertiary/aromatic N) is 1. The monoisotopic (exact) mass is 377 g/mol. The van der Waals surface area contributed by atoms with E-state index in [0.717, 1.165) is 19.3 Å². The molecule has 3 rings (SSSR count). The topological polar surface area (TPSA) is 63.7 Å². The van der Waals surface area contributed by atoms with Crippen molar-refractivity contribution in [3.8, 4) is 0 Å². The van der Waals surface area contributed by atoms with E-state index in [1.807, 2.05) is 0 Å². The maximum absolute atomic E-state index is 13.6. The number of ether oxygens (including phenoxy) is 1. The number of sulfonamides is 1. The zero-order valence-electron chi connectivity index (χ0n) is 14.2. The molecule has 0 aliphatic carbocycles. The Kier molecular flexibility index (Phi) is 5.68. The van der Waals surface area contributed by atoms with Crippen molar-refractivity contribution in [2.45, 2.75) is 30.8 Å². The van der Waals surface area contributed by atoms with Gasteiger partial charge in [0.15, 0.2) is 0 Å². The molecule has 7 heteroatoms. The van der Waals surface area contributed by atoms with Gasteiger partial charge in [-0.1, -0.05) is 30.7 Å². The summed E-state index contributed by atoms with van der Waals surface area (Å²) in [5, 5.41) is 0. The third-order valence-corrected chi connectivity index (χ3v) is 6.23. The van der Waals surface area contributed by atoms with Crippen molar-refractivity contribution in [3.05, 3.63) is 65.5 Å². The van der Waals surface area contributed by atoms with E-state index < -0.39 is 21.8 Å². The van der Waals surface area contributed by atoms with Crippen molar-refractivity contribution < 1.29 is 22.3 Å². The van der Waals surface area contributed by atoms with Gasteiger partial charge in [0.2, 0.25) is 10.0 Å². The molecule has 2 aromatic rings. The summed E-state index contributed by atoms with van der Waals surface area (Å²) >= 11 is 0. The fourth-order valence-electron chi connectivity index (χ4n) is 2.88. The minimum absolute atomic E-state index is 0.0692. The van der Waals surface area contributed by atoms with Crippen molar-refractivity contribution in [2.75, 3.05) is 13.1 Å². The maximum Gasteiger partial charge on any atom is 0.338 e. The number of piperidine rings is 1. The summed E-state index contributed by atoms with van der Waals surface area (Å²) < 4.78 is 45.6. The first-order valence-corrected chi connectivity index (χ1v) is 9.93. The van der Waals surface area contributed by atoms with Gasteiger partial charge in [-0.25, -0.2) is 17.6 Å². The quantitative estimate of drug-likeness (QED) is 0.750. The largest absolute Gasteiger partial charge is 0.457 e. The van der Waals surface area contributed by atoms with Crippen LogP contribution >= 0.6 is 0 Å². The summed E-state index contributed by atoms with van der Waals surface area (Å²) in [4.78, 5) is 12.3. The zero-order valence-corrected chi connectivity index (χ0v) is 15.0. The Hall–Kier alpha value is -2.25. The van der Waals surface area contributed by atoms with Crippen LogP contribution in [0, 0.1) is 5.82 Å². The van der Waals surface area contributed by atoms with Gasteiger partial charge in [-0.15, -0.1) is 0 Å². The van der Waals surface area contributed by atoms with Crippen LogP contribution in [-0.4, -0.2) is 31.8 Å². The molecule has 1 saturated heterocycles. The van der Waals surface area contributed by atoms with Crippen molar-refractivity contribution in [1.29, 1.82) is 0 Å². The molecular weight excluding hydrogens is 357 g/mol. The molecule has 5 nitrogen and oxygen atoms in total. The first-order valence-electron chi connectivity index (χ1n) is 8.49. The molecule has 0 amide bonds. The highest BCUT2D eigenvalue weighted by Gasteiger charge is 2.26. The highest BCUT2D eigenvalue weighted by Crippen LogP contribution is 2.21. The number of hydrogen-bond donors (Lipinski definition) is 0. The minimum Gasteiger partial charge on any atom is -0.457 e. The SMILES string of the molecule is O=C(OCc1ccccc1F)c1cccc(S(=O)(=O)N2CCCCC2)c1. The van der Waals surface area contributed by atoms with E-state index in [4.69, 9.17) is 4.74 Å². The molecule has 138 valence electrons. The lowest BCUT2D eigenvalue weighted by molar-refractivity contribution is 0.0468. The highest BCUT2D eigenvalue weighted by molar-refractivity contribution is 7.89. The molecule has 2 aromatic carbocycles. The molecule has 1 fully saturated rings. The number of hydrogen-bond acceptors (Lipinski definition) is 4. The summed E-state index contributed by atoms with van der Waals surface area (Å²) in [5.41, 5.74) is 0.386. The van der Waals surface area contributed by atoms with Gasteiger partial charge in [0.25, 0.3) is 0 Å². The van der Waals surface area contributed by atoms with Crippen LogP contribution in [-0.2, 0) is 21.4 Å². The van der Waals surface area contributed by atoms with Gasteiger partial charge in [0, 0.05) is 18.7 Å². The average Bonchev–Trinajstić information content (AvgIpc) is 2.68. The number of carbonyl (C=O) groups excluding carboxylic acids is 1. The molecule has 0 radical (unpaired) electrons. The molecule has 1 heterocycles. The predicted octanol–water partition coefficient (Wildman–Crippen LogP) is 3.36. The molecular formula is C19H20FNO4S. The van der Waals surface area contributed by atoms with Gasteiger partial charge >= 0.3 is 5.97 Å². The molecule has 0 unspecified atom stereocenters. The van der Waals surface area contributed by atoms with E-state index in [2.05, 4.69) is 0 Å². The van der Waals surface area contributed by atoms with Crippen LogP contribution in [0.2, 0.25) is 0 Å². The Morgan fingerprint density at radius 1 is 1.04 bits per heavy atom. The summed E-state index contributed by atoms with van der Waals surface area (Å²) in [7, 11) is -3.63. The molecule has 1 aliphatic rings. The predicted molar refractivity (Wildman–Crippen MR) is 94.6 cm³/mol. The van der Waals surface area contributed by atoms with Crippen LogP contribution in [0.5, 0.6) is 0 Å². The third-order valence-electron chi connectivity index (χ3n) is 4.34. The number of esters is 1. The minimum atomic E-state index is -3.63. The summed E-state index contributed by atoms with van der Waals surface area (Å²) in [6.07, 6.45) is 2.70. The molecule has 1 aliphatic heterocycles. The van der Waals surface area contributed by atoms with Gasteiger partial charge < -0.3 is 4.74 Å². The average molecular weight is 377 g/mol. The number of carbonyl (C=O) groups is 1. The van der Waals surface area contributed by atoms with E-state index in [0.29, 0.717) is 13.1 Å². The van der Waals surface area contributed by atoms with Gasteiger partial charge in [-0.2, -0.15) is 4.31 Å². The van der Waals surface area contributed by atoms with Crippen LogP contribution < -0.4 is 0 Å². The molecule has 0 N–H and O–H groups in total. The van der Waals surface area contributed by atoms with E-state index in [1.165, 1.54) is 40.7 Å².